The van der Waals surface area contributed by atoms with Crippen molar-refractivity contribution in [1.29, 1.82) is 0 Å². The van der Waals surface area contributed by atoms with Crippen LogP contribution < -0.4 is 16.2 Å². The number of hydrogen-bond acceptors (Lipinski definition) is 8. The normalized spacial score (nSPS) is 10.9. The molecule has 0 aliphatic carbocycles. The minimum Gasteiger partial charge on any atom is -0.367 e. The summed E-state index contributed by atoms with van der Waals surface area (Å²) in [7, 11) is 0. The first-order chi connectivity index (χ1) is 15.6. The second kappa shape index (κ2) is 10.0. The van der Waals surface area contributed by atoms with Crippen LogP contribution in [-0.4, -0.2) is 44.3 Å². The fraction of sp³-hybridized carbons (Fsp3) is 0.238. The van der Waals surface area contributed by atoms with Gasteiger partial charge in [-0.2, -0.15) is 10.1 Å². The summed E-state index contributed by atoms with van der Waals surface area (Å²) in [5, 5.41) is 17.5. The van der Waals surface area contributed by atoms with Gasteiger partial charge in [-0.25, -0.2) is 5.10 Å². The van der Waals surface area contributed by atoms with Crippen molar-refractivity contribution >= 4 is 34.2 Å². The molecule has 10 nitrogen and oxygen atoms in total. The summed E-state index contributed by atoms with van der Waals surface area (Å²) >= 11 is 5.88. The molecule has 1 aromatic carbocycles. The summed E-state index contributed by atoms with van der Waals surface area (Å²) in [6.07, 6.45) is 2.87. The number of nitrogens with one attached hydrogen (secondary N) is 3. The van der Waals surface area contributed by atoms with E-state index in [0.29, 0.717) is 59.4 Å². The number of carbonyl (C=O) groups is 1. The number of nitrogens with zero attached hydrogens (tertiary/aromatic N) is 4. The predicted octanol–water partition coefficient (Wildman–Crippen LogP) is 2.57. The van der Waals surface area contributed by atoms with Gasteiger partial charge in [0.1, 0.15) is 5.52 Å². The lowest BCUT2D eigenvalue weighted by Crippen LogP contribution is -2.26. The number of halogens is 1. The van der Waals surface area contributed by atoms with Gasteiger partial charge < -0.3 is 15.2 Å². The van der Waals surface area contributed by atoms with Gasteiger partial charge >= 0.3 is 0 Å². The first-order valence-electron chi connectivity index (χ1n) is 10.0. The quantitative estimate of drug-likeness (QED) is 0.328. The van der Waals surface area contributed by atoms with Crippen LogP contribution in [0.4, 0.5) is 5.82 Å². The van der Waals surface area contributed by atoms with Crippen LogP contribution in [0.3, 0.4) is 0 Å². The average Bonchev–Trinajstić information content (AvgIpc) is 3.28. The smallest absolute Gasteiger partial charge is 0.273 e. The highest BCUT2D eigenvalue weighted by molar-refractivity contribution is 6.30. The molecule has 0 saturated heterocycles. The summed E-state index contributed by atoms with van der Waals surface area (Å²) < 4.78 is 5.21. The van der Waals surface area contributed by atoms with E-state index >= 15 is 0 Å². The first kappa shape index (κ1) is 21.4. The SMILES string of the molecule is O=C(CCc1nc(-c2ccc(Cl)cc2)no1)NCCCNc1n[nH]c(=O)c2cccnc12. The molecule has 0 spiro atoms. The van der Waals surface area contributed by atoms with Gasteiger partial charge in [-0.15, -0.1) is 0 Å². The minimum absolute atomic E-state index is 0.106. The van der Waals surface area contributed by atoms with Gasteiger partial charge in [0.25, 0.3) is 5.56 Å². The van der Waals surface area contributed by atoms with Crippen molar-refractivity contribution in [3.05, 3.63) is 63.9 Å². The van der Waals surface area contributed by atoms with Gasteiger partial charge in [-0.05, 0) is 42.8 Å². The highest BCUT2D eigenvalue weighted by atomic mass is 35.5. The Balaban J connectivity index is 1.18. The number of benzene rings is 1. The van der Waals surface area contributed by atoms with Crippen molar-refractivity contribution in [3.8, 4) is 11.4 Å². The summed E-state index contributed by atoms with van der Waals surface area (Å²) in [5.74, 6) is 1.25. The fourth-order valence-corrected chi connectivity index (χ4v) is 3.15. The maximum absolute atomic E-state index is 12.1. The standard InChI is InChI=1S/C21H20ClN7O3/c22-14-6-4-13(5-7-14)19-26-17(32-29-19)9-8-16(30)23-11-2-12-25-20-18-15(3-1-10-24-18)21(31)28-27-20/h1,3-7,10H,2,8-9,11-12H2,(H,23,30)(H,25,27)(H,28,31). The maximum Gasteiger partial charge on any atom is 0.273 e. The Kier molecular flexibility index (Phi) is 6.71. The van der Waals surface area contributed by atoms with Crippen molar-refractivity contribution in [1.82, 2.24) is 30.6 Å². The number of H-pyrrole nitrogens is 1. The van der Waals surface area contributed by atoms with Crippen LogP contribution in [0, 0.1) is 0 Å². The third kappa shape index (κ3) is 5.27. The number of anilines is 1. The number of carbonyl (C=O) groups excluding carboxylic acids is 1. The van der Waals surface area contributed by atoms with Crippen LogP contribution in [0.15, 0.2) is 51.9 Å². The van der Waals surface area contributed by atoms with Crippen molar-refractivity contribution in [2.45, 2.75) is 19.3 Å². The molecule has 0 unspecified atom stereocenters. The van der Waals surface area contributed by atoms with Crippen LogP contribution in [0.25, 0.3) is 22.3 Å². The molecule has 0 bridgehead atoms. The molecule has 4 rings (SSSR count). The Morgan fingerprint density at radius 2 is 2.00 bits per heavy atom. The van der Waals surface area contributed by atoms with Crippen molar-refractivity contribution in [2.75, 3.05) is 18.4 Å². The molecule has 3 aromatic heterocycles. The zero-order valence-electron chi connectivity index (χ0n) is 17.0. The van der Waals surface area contributed by atoms with E-state index < -0.39 is 0 Å². The molecule has 1 amide bonds. The topological polar surface area (TPSA) is 139 Å². The third-order valence-corrected chi connectivity index (χ3v) is 4.90. The largest absolute Gasteiger partial charge is 0.367 e. The second-order valence-electron chi connectivity index (χ2n) is 6.95. The van der Waals surface area contributed by atoms with E-state index in [9.17, 15) is 9.59 Å². The molecule has 3 N–H and O–H groups in total. The second-order valence-corrected chi connectivity index (χ2v) is 7.39. The van der Waals surface area contributed by atoms with Gasteiger partial charge in [0.2, 0.25) is 17.6 Å². The highest BCUT2D eigenvalue weighted by Crippen LogP contribution is 2.19. The first-order valence-corrected chi connectivity index (χ1v) is 10.4. The molecule has 32 heavy (non-hydrogen) atoms. The Morgan fingerprint density at radius 1 is 1.16 bits per heavy atom. The van der Waals surface area contributed by atoms with E-state index in [1.807, 2.05) is 0 Å². The Hall–Kier alpha value is -3.79. The minimum atomic E-state index is -0.285. The van der Waals surface area contributed by atoms with Crippen molar-refractivity contribution in [3.63, 3.8) is 0 Å². The van der Waals surface area contributed by atoms with Crippen LogP contribution >= 0.6 is 11.6 Å². The monoisotopic (exact) mass is 453 g/mol. The number of aryl methyl sites for hydroxylation is 1. The van der Waals surface area contributed by atoms with Crippen molar-refractivity contribution in [2.24, 2.45) is 0 Å². The summed E-state index contributed by atoms with van der Waals surface area (Å²) in [4.78, 5) is 32.4. The zero-order valence-corrected chi connectivity index (χ0v) is 17.7. The van der Waals surface area contributed by atoms with Gasteiger partial charge in [0.05, 0.1) is 5.39 Å². The number of fused-ring (bicyclic) bond motifs is 1. The van der Waals surface area contributed by atoms with Crippen LogP contribution in [-0.2, 0) is 11.2 Å². The molecule has 0 aliphatic heterocycles. The predicted molar refractivity (Wildman–Crippen MR) is 119 cm³/mol. The van der Waals surface area contributed by atoms with E-state index in [1.54, 1.807) is 42.6 Å². The van der Waals surface area contributed by atoms with Crippen LogP contribution in [0.1, 0.15) is 18.7 Å². The molecule has 4 aromatic rings. The summed E-state index contributed by atoms with van der Waals surface area (Å²) in [5.41, 5.74) is 1.02. The molecule has 11 heteroatoms. The van der Waals surface area contributed by atoms with E-state index in [4.69, 9.17) is 16.1 Å². The number of pyridine rings is 1. The van der Waals surface area contributed by atoms with Crippen LogP contribution in [0.2, 0.25) is 5.02 Å². The molecular formula is C21H20ClN7O3. The molecular weight excluding hydrogens is 434 g/mol. The fourth-order valence-electron chi connectivity index (χ4n) is 3.02. The molecule has 164 valence electrons. The summed E-state index contributed by atoms with van der Waals surface area (Å²) in [6, 6.07) is 10.5. The molecule has 0 aliphatic rings. The van der Waals surface area contributed by atoms with Gasteiger partial charge in [0.15, 0.2) is 5.82 Å². The third-order valence-electron chi connectivity index (χ3n) is 4.65. The maximum atomic E-state index is 12.1. The average molecular weight is 454 g/mol. The van der Waals surface area contributed by atoms with E-state index in [2.05, 4.69) is 36.0 Å². The number of rotatable bonds is 9. The zero-order chi connectivity index (χ0) is 22.3. The molecule has 0 radical (unpaired) electrons. The highest BCUT2D eigenvalue weighted by Gasteiger charge is 2.11. The number of amides is 1. The summed E-state index contributed by atoms with van der Waals surface area (Å²) in [6.45, 7) is 1.04. The lowest BCUT2D eigenvalue weighted by atomic mass is 10.2. The van der Waals surface area contributed by atoms with E-state index in [-0.39, 0.29) is 17.9 Å². The van der Waals surface area contributed by atoms with Crippen molar-refractivity contribution < 1.29 is 9.32 Å². The molecule has 0 fully saturated rings. The van der Waals surface area contributed by atoms with Gasteiger partial charge in [0, 0.05) is 42.7 Å². The lowest BCUT2D eigenvalue weighted by molar-refractivity contribution is -0.121. The molecule has 0 atom stereocenters. The molecule has 3 heterocycles. The Morgan fingerprint density at radius 3 is 2.84 bits per heavy atom. The Bertz CT molecular complexity index is 1270. The van der Waals surface area contributed by atoms with Gasteiger partial charge in [-0.1, -0.05) is 16.8 Å². The number of hydrogen-bond donors (Lipinski definition) is 3. The van der Waals surface area contributed by atoms with Gasteiger partial charge in [-0.3, -0.25) is 14.6 Å². The van der Waals surface area contributed by atoms with E-state index in [1.165, 1.54) is 0 Å². The van der Waals surface area contributed by atoms with E-state index in [0.717, 1.165) is 5.56 Å². The Labute approximate surface area is 187 Å². The lowest BCUT2D eigenvalue weighted by Gasteiger charge is -2.08. The van der Waals surface area contributed by atoms with Crippen LogP contribution in [0.5, 0.6) is 0 Å². The molecule has 0 saturated carbocycles. The number of aromatic amines is 1. The number of aromatic nitrogens is 5.